The SMILES string of the molecule is Cc1csc2nc(-c3ccc(F)cc3)c(CCN)n12. The number of nitrogens with two attached hydrogens (primary N) is 1. The second kappa shape index (κ2) is 4.75. The van der Waals surface area contributed by atoms with Crippen LogP contribution in [0.25, 0.3) is 16.2 Å². The van der Waals surface area contributed by atoms with E-state index in [0.29, 0.717) is 6.54 Å². The number of fused-ring (bicyclic) bond motifs is 1. The van der Waals surface area contributed by atoms with Crippen LogP contribution in [0.5, 0.6) is 0 Å². The van der Waals surface area contributed by atoms with Gasteiger partial charge in [-0.1, -0.05) is 0 Å². The van der Waals surface area contributed by atoms with Gasteiger partial charge in [0.1, 0.15) is 5.82 Å². The average Bonchev–Trinajstić information content (AvgIpc) is 2.93. The molecule has 0 saturated carbocycles. The minimum absolute atomic E-state index is 0.235. The Morgan fingerprint density at radius 1 is 1.32 bits per heavy atom. The van der Waals surface area contributed by atoms with Crippen LogP contribution in [0.1, 0.15) is 11.4 Å². The summed E-state index contributed by atoms with van der Waals surface area (Å²) in [4.78, 5) is 5.61. The molecule has 0 aliphatic heterocycles. The highest BCUT2D eigenvalue weighted by atomic mass is 32.1. The third-order valence-corrected chi connectivity index (χ3v) is 4.07. The van der Waals surface area contributed by atoms with Gasteiger partial charge in [0, 0.05) is 23.1 Å². The number of aryl methyl sites for hydroxylation is 1. The molecule has 0 atom stereocenters. The van der Waals surface area contributed by atoms with Gasteiger partial charge in [0.25, 0.3) is 0 Å². The number of hydrogen-bond acceptors (Lipinski definition) is 3. The van der Waals surface area contributed by atoms with E-state index in [4.69, 9.17) is 5.73 Å². The third kappa shape index (κ3) is 2.05. The fourth-order valence-corrected chi connectivity index (χ4v) is 3.16. The largest absolute Gasteiger partial charge is 0.330 e. The summed E-state index contributed by atoms with van der Waals surface area (Å²) in [7, 11) is 0. The van der Waals surface area contributed by atoms with Crippen LogP contribution in [-0.2, 0) is 6.42 Å². The molecule has 0 spiro atoms. The number of thiazole rings is 1. The fraction of sp³-hybridized carbons (Fsp3) is 0.214. The Morgan fingerprint density at radius 3 is 2.74 bits per heavy atom. The molecule has 19 heavy (non-hydrogen) atoms. The third-order valence-electron chi connectivity index (χ3n) is 3.13. The summed E-state index contributed by atoms with van der Waals surface area (Å²) in [5, 5.41) is 2.08. The molecule has 0 radical (unpaired) electrons. The minimum Gasteiger partial charge on any atom is -0.330 e. The predicted molar refractivity (Wildman–Crippen MR) is 76.0 cm³/mol. The number of benzene rings is 1. The van der Waals surface area contributed by atoms with Crippen LogP contribution in [0.15, 0.2) is 29.6 Å². The first kappa shape index (κ1) is 12.3. The van der Waals surface area contributed by atoms with E-state index in [2.05, 4.69) is 21.7 Å². The lowest BCUT2D eigenvalue weighted by Gasteiger charge is -2.04. The number of rotatable bonds is 3. The number of imidazole rings is 1. The summed E-state index contributed by atoms with van der Waals surface area (Å²) < 4.78 is 15.2. The Bertz CT molecular complexity index is 712. The Hall–Kier alpha value is -1.72. The highest BCUT2D eigenvalue weighted by Crippen LogP contribution is 2.28. The molecule has 0 aliphatic carbocycles. The van der Waals surface area contributed by atoms with E-state index in [0.717, 1.165) is 34.0 Å². The van der Waals surface area contributed by atoms with Crippen molar-refractivity contribution in [2.75, 3.05) is 6.54 Å². The molecule has 98 valence electrons. The van der Waals surface area contributed by atoms with E-state index in [9.17, 15) is 4.39 Å². The monoisotopic (exact) mass is 275 g/mol. The van der Waals surface area contributed by atoms with Gasteiger partial charge < -0.3 is 5.73 Å². The van der Waals surface area contributed by atoms with Crippen LogP contribution in [0.2, 0.25) is 0 Å². The van der Waals surface area contributed by atoms with E-state index in [-0.39, 0.29) is 5.82 Å². The van der Waals surface area contributed by atoms with E-state index >= 15 is 0 Å². The van der Waals surface area contributed by atoms with Crippen LogP contribution in [0.3, 0.4) is 0 Å². The molecule has 1 aromatic carbocycles. The van der Waals surface area contributed by atoms with Gasteiger partial charge in [-0.25, -0.2) is 9.37 Å². The van der Waals surface area contributed by atoms with Crippen LogP contribution in [0.4, 0.5) is 4.39 Å². The van der Waals surface area contributed by atoms with Crippen LogP contribution in [-0.4, -0.2) is 15.9 Å². The predicted octanol–water partition coefficient (Wildman–Crippen LogP) is 3.01. The van der Waals surface area contributed by atoms with Crippen LogP contribution < -0.4 is 5.73 Å². The molecule has 0 amide bonds. The van der Waals surface area contributed by atoms with Gasteiger partial charge in [-0.3, -0.25) is 4.40 Å². The topological polar surface area (TPSA) is 43.3 Å². The molecule has 0 saturated heterocycles. The van der Waals surface area contributed by atoms with Gasteiger partial charge in [0.05, 0.1) is 11.4 Å². The fourth-order valence-electron chi connectivity index (χ4n) is 2.27. The molecular formula is C14H14FN3S. The lowest BCUT2D eigenvalue weighted by Crippen LogP contribution is -2.06. The first-order valence-electron chi connectivity index (χ1n) is 6.12. The smallest absolute Gasteiger partial charge is 0.194 e. The zero-order chi connectivity index (χ0) is 13.4. The normalized spacial score (nSPS) is 11.3. The zero-order valence-electron chi connectivity index (χ0n) is 10.6. The van der Waals surface area contributed by atoms with Gasteiger partial charge in [-0.05, 0) is 37.7 Å². The second-order valence-electron chi connectivity index (χ2n) is 4.45. The Labute approximate surface area is 114 Å². The summed E-state index contributed by atoms with van der Waals surface area (Å²) in [6, 6.07) is 6.44. The molecule has 2 heterocycles. The Morgan fingerprint density at radius 2 is 2.05 bits per heavy atom. The van der Waals surface area contributed by atoms with Gasteiger partial charge in [-0.2, -0.15) is 0 Å². The molecule has 5 heteroatoms. The van der Waals surface area contributed by atoms with Gasteiger partial charge in [0.2, 0.25) is 0 Å². The maximum atomic E-state index is 13.0. The number of aromatic nitrogens is 2. The minimum atomic E-state index is -0.235. The van der Waals surface area contributed by atoms with Crippen molar-refractivity contribution in [3.63, 3.8) is 0 Å². The highest BCUT2D eigenvalue weighted by Gasteiger charge is 2.15. The van der Waals surface area contributed by atoms with Crippen molar-refractivity contribution >= 4 is 16.3 Å². The first-order chi connectivity index (χ1) is 9.20. The maximum Gasteiger partial charge on any atom is 0.194 e. The number of hydrogen-bond donors (Lipinski definition) is 1. The summed E-state index contributed by atoms with van der Waals surface area (Å²) in [6.07, 6.45) is 0.755. The molecule has 0 unspecified atom stereocenters. The molecule has 2 N–H and O–H groups in total. The molecule has 0 fully saturated rings. The van der Waals surface area contributed by atoms with Crippen molar-refractivity contribution in [3.05, 3.63) is 46.9 Å². The molecule has 0 bridgehead atoms. The van der Waals surface area contributed by atoms with Gasteiger partial charge in [0.15, 0.2) is 4.96 Å². The molecule has 3 aromatic rings. The van der Waals surface area contributed by atoms with Crippen LogP contribution in [0, 0.1) is 12.7 Å². The van der Waals surface area contributed by atoms with Crippen molar-refractivity contribution in [2.24, 2.45) is 5.73 Å². The standard InChI is InChI=1S/C14H14FN3S/c1-9-8-19-14-17-13(12(6-7-16)18(9)14)10-2-4-11(15)5-3-10/h2-5,8H,6-7,16H2,1H3. The Balaban J connectivity index is 2.22. The molecule has 2 aromatic heterocycles. The van der Waals surface area contributed by atoms with Crippen LogP contribution >= 0.6 is 11.3 Å². The van der Waals surface area contributed by atoms with E-state index in [1.165, 1.54) is 12.1 Å². The van der Waals surface area contributed by atoms with Crippen molar-refractivity contribution in [2.45, 2.75) is 13.3 Å². The van der Waals surface area contributed by atoms with Crippen molar-refractivity contribution in [1.82, 2.24) is 9.38 Å². The number of halogens is 1. The number of nitrogens with zero attached hydrogens (tertiary/aromatic N) is 2. The quantitative estimate of drug-likeness (QED) is 0.798. The van der Waals surface area contributed by atoms with E-state index in [1.807, 2.05) is 0 Å². The summed E-state index contributed by atoms with van der Waals surface area (Å²) in [6.45, 7) is 2.62. The first-order valence-corrected chi connectivity index (χ1v) is 7.00. The maximum absolute atomic E-state index is 13.0. The van der Waals surface area contributed by atoms with Gasteiger partial charge >= 0.3 is 0 Å². The average molecular weight is 275 g/mol. The molecule has 0 aliphatic rings. The highest BCUT2D eigenvalue weighted by molar-refractivity contribution is 7.15. The molecular weight excluding hydrogens is 261 g/mol. The lowest BCUT2D eigenvalue weighted by atomic mass is 10.1. The Kier molecular flexibility index (Phi) is 3.08. The second-order valence-corrected chi connectivity index (χ2v) is 5.28. The van der Waals surface area contributed by atoms with Crippen molar-refractivity contribution < 1.29 is 4.39 Å². The molecule has 3 rings (SSSR count). The zero-order valence-corrected chi connectivity index (χ0v) is 11.4. The van der Waals surface area contributed by atoms with Crippen molar-refractivity contribution in [3.8, 4) is 11.3 Å². The van der Waals surface area contributed by atoms with Gasteiger partial charge in [-0.15, -0.1) is 11.3 Å². The van der Waals surface area contributed by atoms with Crippen molar-refractivity contribution in [1.29, 1.82) is 0 Å². The lowest BCUT2D eigenvalue weighted by molar-refractivity contribution is 0.628. The summed E-state index contributed by atoms with van der Waals surface area (Å²) >= 11 is 1.61. The van der Waals surface area contributed by atoms with E-state index in [1.54, 1.807) is 23.5 Å². The molecule has 3 nitrogen and oxygen atoms in total. The van der Waals surface area contributed by atoms with E-state index < -0.39 is 0 Å². The summed E-state index contributed by atoms with van der Waals surface area (Å²) in [5.41, 5.74) is 9.79. The summed E-state index contributed by atoms with van der Waals surface area (Å²) in [5.74, 6) is -0.235.